The predicted octanol–water partition coefficient (Wildman–Crippen LogP) is 2.47. The lowest BCUT2D eigenvalue weighted by molar-refractivity contribution is 0.400. The van der Waals surface area contributed by atoms with Crippen molar-refractivity contribution in [1.82, 2.24) is 29.1 Å². The van der Waals surface area contributed by atoms with Crippen molar-refractivity contribution >= 4 is 21.7 Å². The molecule has 1 aromatic carbocycles. The van der Waals surface area contributed by atoms with Crippen molar-refractivity contribution in [2.45, 2.75) is 25.2 Å². The number of benzene rings is 1. The van der Waals surface area contributed by atoms with Gasteiger partial charge in [0.05, 0.1) is 22.0 Å². The normalized spacial score (nSPS) is 11.8. The van der Waals surface area contributed by atoms with Gasteiger partial charge in [0.2, 0.25) is 16.0 Å². The number of aryl methyl sites for hydroxylation is 2. The molecule has 0 amide bonds. The van der Waals surface area contributed by atoms with Gasteiger partial charge in [-0.2, -0.15) is 0 Å². The smallest absolute Gasteiger partial charge is 0.240 e. The first kappa shape index (κ1) is 22.9. The fraction of sp³-hybridized carbons (Fsp3) is 0.381. The van der Waals surface area contributed by atoms with Crippen LogP contribution in [-0.4, -0.2) is 60.0 Å². The zero-order valence-electron chi connectivity index (χ0n) is 18.5. The van der Waals surface area contributed by atoms with E-state index in [0.717, 1.165) is 35.9 Å². The van der Waals surface area contributed by atoms with Crippen LogP contribution in [0.5, 0.6) is 0 Å². The zero-order chi connectivity index (χ0) is 22.6. The van der Waals surface area contributed by atoms with Crippen LogP contribution in [0.1, 0.15) is 17.9 Å². The van der Waals surface area contributed by atoms with E-state index in [1.165, 1.54) is 0 Å². The minimum Gasteiger partial charge on any atom is -0.330 e. The Kier molecular flexibility index (Phi) is 7.04. The summed E-state index contributed by atoms with van der Waals surface area (Å²) in [5, 5.41) is 3.13. The van der Waals surface area contributed by atoms with Gasteiger partial charge in [0.15, 0.2) is 0 Å². The number of rotatable bonds is 9. The molecule has 2 heterocycles. The Morgan fingerprint density at radius 2 is 1.77 bits per heavy atom. The topological polar surface area (TPSA) is 105 Å². The van der Waals surface area contributed by atoms with Crippen molar-refractivity contribution < 1.29 is 8.42 Å². The van der Waals surface area contributed by atoms with Crippen molar-refractivity contribution in [2.24, 2.45) is 7.05 Å². The third-order valence-electron chi connectivity index (χ3n) is 4.89. The number of hydrogen-bond donors (Lipinski definition) is 2. The molecule has 31 heavy (non-hydrogen) atoms. The Morgan fingerprint density at radius 3 is 2.39 bits per heavy atom. The molecule has 2 aromatic heterocycles. The van der Waals surface area contributed by atoms with Crippen LogP contribution in [0.3, 0.4) is 0 Å². The Hall–Kier alpha value is -2.82. The Balaban J connectivity index is 1.70. The predicted molar refractivity (Wildman–Crippen MR) is 122 cm³/mol. The number of nitrogens with one attached hydrogen (secondary N) is 2. The SMILES string of the molecule is Cc1nc(C)n(C)c1-c1ccnc(Nc2ccc(S(=O)(=O)NCCCN(C)C)cc2)n1. The van der Waals surface area contributed by atoms with E-state index in [1.807, 2.05) is 50.5 Å². The summed E-state index contributed by atoms with van der Waals surface area (Å²) < 4.78 is 29.5. The standard InChI is InChI=1S/C21H29N7O2S/c1-15-20(28(5)16(2)24-15)19-11-13-22-21(26-19)25-17-7-9-18(10-8-17)31(29,30)23-12-6-14-27(3)4/h7-11,13,23H,6,12,14H2,1-5H3,(H,22,25,26). The lowest BCUT2D eigenvalue weighted by Gasteiger charge is -2.11. The van der Waals surface area contributed by atoms with Gasteiger partial charge in [-0.05, 0) is 71.2 Å². The number of imidazole rings is 1. The minimum atomic E-state index is -3.54. The summed E-state index contributed by atoms with van der Waals surface area (Å²) in [6.07, 6.45) is 2.43. The zero-order valence-corrected chi connectivity index (χ0v) is 19.4. The van der Waals surface area contributed by atoms with E-state index in [9.17, 15) is 8.42 Å². The maximum Gasteiger partial charge on any atom is 0.240 e. The Morgan fingerprint density at radius 1 is 1.06 bits per heavy atom. The van der Waals surface area contributed by atoms with Gasteiger partial charge in [-0.1, -0.05) is 0 Å². The van der Waals surface area contributed by atoms with Crippen LogP contribution >= 0.6 is 0 Å². The molecule has 9 nitrogen and oxygen atoms in total. The van der Waals surface area contributed by atoms with Gasteiger partial charge in [0.25, 0.3) is 0 Å². The number of nitrogens with zero attached hydrogens (tertiary/aromatic N) is 5. The van der Waals surface area contributed by atoms with Crippen LogP contribution in [-0.2, 0) is 17.1 Å². The molecule has 0 spiro atoms. The quantitative estimate of drug-likeness (QED) is 0.490. The summed E-state index contributed by atoms with van der Waals surface area (Å²) in [5.41, 5.74) is 3.29. The molecular formula is C21H29N7O2S. The highest BCUT2D eigenvalue weighted by Gasteiger charge is 2.15. The number of hydrogen-bond acceptors (Lipinski definition) is 7. The van der Waals surface area contributed by atoms with Gasteiger partial charge in [0.1, 0.15) is 5.82 Å². The van der Waals surface area contributed by atoms with E-state index < -0.39 is 10.0 Å². The van der Waals surface area contributed by atoms with Crippen LogP contribution in [0.15, 0.2) is 41.4 Å². The highest BCUT2D eigenvalue weighted by Crippen LogP contribution is 2.23. The molecule has 0 atom stereocenters. The van der Waals surface area contributed by atoms with Crippen LogP contribution < -0.4 is 10.0 Å². The van der Waals surface area contributed by atoms with Gasteiger partial charge >= 0.3 is 0 Å². The molecule has 0 aliphatic carbocycles. The summed E-state index contributed by atoms with van der Waals surface area (Å²) in [6, 6.07) is 8.37. The van der Waals surface area contributed by atoms with E-state index in [2.05, 4.69) is 25.0 Å². The molecule has 0 saturated heterocycles. The second kappa shape index (κ2) is 9.54. The third-order valence-corrected chi connectivity index (χ3v) is 6.36. The largest absolute Gasteiger partial charge is 0.330 e. The third kappa shape index (κ3) is 5.66. The monoisotopic (exact) mass is 443 g/mol. The van der Waals surface area contributed by atoms with Gasteiger partial charge in [-0.25, -0.2) is 28.1 Å². The molecular weight excluding hydrogens is 414 g/mol. The molecule has 3 aromatic rings. The summed E-state index contributed by atoms with van der Waals surface area (Å²) in [4.78, 5) is 15.6. The number of anilines is 2. The molecule has 0 radical (unpaired) electrons. The van der Waals surface area contributed by atoms with E-state index in [0.29, 0.717) is 18.2 Å². The minimum absolute atomic E-state index is 0.221. The molecule has 0 aliphatic heterocycles. The van der Waals surface area contributed by atoms with E-state index in [1.54, 1.807) is 30.5 Å². The van der Waals surface area contributed by atoms with Crippen LogP contribution in [0.4, 0.5) is 11.6 Å². The Labute approximate surface area is 183 Å². The molecule has 3 rings (SSSR count). The van der Waals surface area contributed by atoms with E-state index >= 15 is 0 Å². The lowest BCUT2D eigenvalue weighted by atomic mass is 10.2. The van der Waals surface area contributed by atoms with Crippen molar-refractivity contribution in [3.05, 3.63) is 48.0 Å². The molecule has 0 bridgehead atoms. The molecule has 166 valence electrons. The van der Waals surface area contributed by atoms with Crippen molar-refractivity contribution in [2.75, 3.05) is 32.5 Å². The number of sulfonamides is 1. The van der Waals surface area contributed by atoms with E-state index in [4.69, 9.17) is 0 Å². The van der Waals surface area contributed by atoms with Crippen LogP contribution in [0.25, 0.3) is 11.4 Å². The van der Waals surface area contributed by atoms with Gasteiger partial charge < -0.3 is 14.8 Å². The average Bonchev–Trinajstić information content (AvgIpc) is 2.97. The maximum absolute atomic E-state index is 12.4. The number of aromatic nitrogens is 4. The summed E-state index contributed by atoms with van der Waals surface area (Å²) in [5.74, 6) is 1.33. The summed E-state index contributed by atoms with van der Waals surface area (Å²) in [6.45, 7) is 5.12. The average molecular weight is 444 g/mol. The highest BCUT2D eigenvalue weighted by molar-refractivity contribution is 7.89. The Bertz CT molecular complexity index is 1140. The molecule has 2 N–H and O–H groups in total. The molecule has 0 aliphatic rings. The maximum atomic E-state index is 12.4. The first-order valence-corrected chi connectivity index (χ1v) is 11.5. The van der Waals surface area contributed by atoms with E-state index in [-0.39, 0.29) is 4.90 Å². The second-order valence-corrected chi connectivity index (χ2v) is 9.39. The lowest BCUT2D eigenvalue weighted by Crippen LogP contribution is -2.27. The fourth-order valence-corrected chi connectivity index (χ4v) is 4.29. The van der Waals surface area contributed by atoms with Crippen molar-refractivity contribution in [3.8, 4) is 11.4 Å². The second-order valence-electron chi connectivity index (χ2n) is 7.62. The van der Waals surface area contributed by atoms with Crippen LogP contribution in [0, 0.1) is 13.8 Å². The summed E-state index contributed by atoms with van der Waals surface area (Å²) in [7, 11) is 2.33. The highest BCUT2D eigenvalue weighted by atomic mass is 32.2. The van der Waals surface area contributed by atoms with Crippen molar-refractivity contribution in [3.63, 3.8) is 0 Å². The van der Waals surface area contributed by atoms with Crippen molar-refractivity contribution in [1.29, 1.82) is 0 Å². The molecule has 0 unspecified atom stereocenters. The molecule has 0 saturated carbocycles. The van der Waals surface area contributed by atoms with Gasteiger partial charge in [0, 0.05) is 25.5 Å². The van der Waals surface area contributed by atoms with Gasteiger partial charge in [-0.15, -0.1) is 0 Å². The fourth-order valence-electron chi connectivity index (χ4n) is 3.21. The van der Waals surface area contributed by atoms with Gasteiger partial charge in [-0.3, -0.25) is 0 Å². The first-order chi connectivity index (χ1) is 14.7. The summed E-state index contributed by atoms with van der Waals surface area (Å²) >= 11 is 0. The first-order valence-electron chi connectivity index (χ1n) is 10.0. The van der Waals surface area contributed by atoms with Crippen LogP contribution in [0.2, 0.25) is 0 Å². The molecule has 0 fully saturated rings. The molecule has 10 heteroatoms.